The van der Waals surface area contributed by atoms with Crippen LogP contribution in [0, 0.1) is 5.92 Å². The van der Waals surface area contributed by atoms with E-state index in [1.54, 1.807) is 7.05 Å². The first-order chi connectivity index (χ1) is 5.93. The van der Waals surface area contributed by atoms with Gasteiger partial charge in [-0.05, 0) is 18.1 Å². The average molecular weight is 210 g/mol. The summed E-state index contributed by atoms with van der Waals surface area (Å²) in [6.45, 7) is 4.46. The molecule has 0 saturated heterocycles. The Bertz CT molecular complexity index is 162. The lowest BCUT2D eigenvalue weighted by Crippen LogP contribution is -2.40. The molecule has 1 N–H and O–H groups in total. The maximum Gasteiger partial charge on any atom is 0.255 e. The third-order valence-corrected chi connectivity index (χ3v) is 1.88. The Balaban J connectivity index is 3.69. The second kappa shape index (κ2) is 6.07. The van der Waals surface area contributed by atoms with Gasteiger partial charge in [0.2, 0.25) is 0 Å². The maximum absolute atomic E-state index is 11.9. The number of nitrogens with zero attached hydrogens (tertiary/aromatic N) is 1. The molecule has 0 aliphatic carbocycles. The Hall–Kier alpha value is -0.450. The van der Waals surface area contributed by atoms with Gasteiger partial charge < -0.3 is 10.2 Å². The molecule has 0 unspecified atom stereocenters. The van der Waals surface area contributed by atoms with E-state index in [-0.39, 0.29) is 6.54 Å². The lowest BCUT2D eigenvalue weighted by atomic mass is 10.2. The summed E-state index contributed by atoms with van der Waals surface area (Å²) >= 11 is 4.89. The Morgan fingerprint density at radius 3 is 2.38 bits per heavy atom. The zero-order chi connectivity index (χ0) is 10.4. The van der Waals surface area contributed by atoms with Crippen molar-refractivity contribution >= 4 is 17.3 Å². The van der Waals surface area contributed by atoms with Crippen molar-refractivity contribution in [3.63, 3.8) is 0 Å². The van der Waals surface area contributed by atoms with E-state index in [4.69, 9.17) is 12.2 Å². The number of thiocarbonyl (C=S) groups is 1. The van der Waals surface area contributed by atoms with E-state index in [0.29, 0.717) is 17.6 Å². The van der Waals surface area contributed by atoms with Crippen LogP contribution in [-0.2, 0) is 0 Å². The second-order valence-corrected chi connectivity index (χ2v) is 3.74. The minimum absolute atomic E-state index is 0.316. The van der Waals surface area contributed by atoms with Crippen molar-refractivity contribution in [2.45, 2.75) is 20.3 Å². The maximum atomic E-state index is 11.9. The van der Waals surface area contributed by atoms with E-state index in [1.165, 1.54) is 4.90 Å². The molecule has 0 atom stereocenters. The molecule has 0 radical (unpaired) electrons. The van der Waals surface area contributed by atoms with Gasteiger partial charge >= 0.3 is 0 Å². The summed E-state index contributed by atoms with van der Waals surface area (Å²) in [5.74, 6) is 0.456. The van der Waals surface area contributed by atoms with Crippen LogP contribution in [0.15, 0.2) is 0 Å². The third kappa shape index (κ3) is 6.69. The first-order valence-corrected chi connectivity index (χ1v) is 4.61. The molecular formula is C8H16F2N2S. The second-order valence-electron chi connectivity index (χ2n) is 3.35. The first kappa shape index (κ1) is 12.6. The highest BCUT2D eigenvalue weighted by molar-refractivity contribution is 7.80. The minimum Gasteiger partial charge on any atom is -0.362 e. The minimum atomic E-state index is -2.34. The summed E-state index contributed by atoms with van der Waals surface area (Å²) in [6.07, 6.45) is -2.34. The van der Waals surface area contributed by atoms with Crippen molar-refractivity contribution in [3.05, 3.63) is 0 Å². The molecule has 0 aromatic carbocycles. The fourth-order valence-electron chi connectivity index (χ4n) is 0.716. The molecule has 0 spiro atoms. The fraction of sp³-hybridized carbons (Fsp3) is 0.875. The van der Waals surface area contributed by atoms with Gasteiger partial charge in [0.15, 0.2) is 5.11 Å². The molecule has 0 rings (SSSR count). The van der Waals surface area contributed by atoms with Gasteiger partial charge in [0.1, 0.15) is 0 Å². The van der Waals surface area contributed by atoms with Crippen LogP contribution in [-0.4, -0.2) is 36.6 Å². The highest BCUT2D eigenvalue weighted by Gasteiger charge is 2.10. The van der Waals surface area contributed by atoms with E-state index >= 15 is 0 Å². The molecule has 5 heteroatoms. The smallest absolute Gasteiger partial charge is 0.255 e. The van der Waals surface area contributed by atoms with Gasteiger partial charge in [-0.2, -0.15) is 0 Å². The van der Waals surface area contributed by atoms with Gasteiger partial charge in [-0.3, -0.25) is 0 Å². The summed E-state index contributed by atoms with van der Waals surface area (Å²) < 4.78 is 23.8. The summed E-state index contributed by atoms with van der Waals surface area (Å²) in [7, 11) is 1.56. The van der Waals surface area contributed by atoms with Gasteiger partial charge in [-0.25, -0.2) is 8.78 Å². The Labute approximate surface area is 83.3 Å². The largest absolute Gasteiger partial charge is 0.362 e. The molecule has 0 fully saturated rings. The molecule has 0 aromatic heterocycles. The van der Waals surface area contributed by atoms with Crippen molar-refractivity contribution in [1.29, 1.82) is 0 Å². The third-order valence-electron chi connectivity index (χ3n) is 1.42. The standard InChI is InChI=1S/C8H16F2N2S/c1-6(2)4-11-8(13)12(3)5-7(9)10/h6-7H,4-5H2,1-3H3,(H,11,13). The molecule has 0 aromatic rings. The van der Waals surface area contributed by atoms with Crippen LogP contribution in [0.1, 0.15) is 13.8 Å². The van der Waals surface area contributed by atoms with Crippen molar-refractivity contribution in [1.82, 2.24) is 10.2 Å². The van der Waals surface area contributed by atoms with Gasteiger partial charge in [0.25, 0.3) is 6.43 Å². The molecule has 0 heterocycles. The van der Waals surface area contributed by atoms with Crippen LogP contribution in [0.2, 0.25) is 0 Å². The topological polar surface area (TPSA) is 15.3 Å². The SMILES string of the molecule is CC(C)CNC(=S)N(C)CC(F)F. The fourth-order valence-corrected chi connectivity index (χ4v) is 0.874. The number of rotatable bonds is 4. The predicted molar refractivity (Wildman–Crippen MR) is 54.1 cm³/mol. The van der Waals surface area contributed by atoms with E-state index in [1.807, 2.05) is 13.8 Å². The van der Waals surface area contributed by atoms with Crippen LogP contribution in [0.3, 0.4) is 0 Å². The van der Waals surface area contributed by atoms with Crippen molar-refractivity contribution in [3.8, 4) is 0 Å². The van der Waals surface area contributed by atoms with Crippen molar-refractivity contribution in [2.24, 2.45) is 5.92 Å². The molecular weight excluding hydrogens is 194 g/mol. The molecule has 0 saturated carbocycles. The first-order valence-electron chi connectivity index (χ1n) is 4.20. The molecule has 0 aliphatic rings. The average Bonchev–Trinajstić information content (AvgIpc) is 1.98. The Kier molecular flexibility index (Phi) is 5.86. The summed E-state index contributed by atoms with van der Waals surface area (Å²) in [6, 6.07) is 0. The molecule has 13 heavy (non-hydrogen) atoms. The van der Waals surface area contributed by atoms with Gasteiger partial charge in [0.05, 0.1) is 6.54 Å². The quantitative estimate of drug-likeness (QED) is 0.711. The number of halogens is 2. The zero-order valence-corrected chi connectivity index (χ0v) is 9.00. The molecule has 0 amide bonds. The number of hydrogen-bond acceptors (Lipinski definition) is 1. The number of alkyl halides is 2. The monoisotopic (exact) mass is 210 g/mol. The zero-order valence-electron chi connectivity index (χ0n) is 8.18. The molecule has 78 valence electrons. The summed E-state index contributed by atoms with van der Waals surface area (Å²) in [5, 5.41) is 3.29. The highest BCUT2D eigenvalue weighted by atomic mass is 32.1. The number of hydrogen-bond donors (Lipinski definition) is 1. The summed E-state index contributed by atoms with van der Waals surface area (Å²) in [5.41, 5.74) is 0. The van der Waals surface area contributed by atoms with Crippen molar-refractivity contribution in [2.75, 3.05) is 20.1 Å². The van der Waals surface area contributed by atoms with E-state index in [9.17, 15) is 8.78 Å². The normalized spacial score (nSPS) is 10.7. The lowest BCUT2D eigenvalue weighted by molar-refractivity contribution is 0.123. The Morgan fingerprint density at radius 2 is 2.00 bits per heavy atom. The molecule has 0 bridgehead atoms. The van der Waals surface area contributed by atoms with Crippen molar-refractivity contribution < 1.29 is 8.78 Å². The highest BCUT2D eigenvalue weighted by Crippen LogP contribution is 1.96. The van der Waals surface area contributed by atoms with Crippen LogP contribution in [0.4, 0.5) is 8.78 Å². The van der Waals surface area contributed by atoms with Gasteiger partial charge in [-0.1, -0.05) is 13.8 Å². The van der Waals surface area contributed by atoms with E-state index < -0.39 is 6.43 Å². The van der Waals surface area contributed by atoms with Gasteiger partial charge in [0, 0.05) is 13.6 Å². The lowest BCUT2D eigenvalue weighted by Gasteiger charge is -2.21. The van der Waals surface area contributed by atoms with Crippen LogP contribution < -0.4 is 5.32 Å². The number of nitrogens with one attached hydrogen (secondary N) is 1. The van der Waals surface area contributed by atoms with Crippen LogP contribution in [0.25, 0.3) is 0 Å². The Morgan fingerprint density at radius 1 is 1.46 bits per heavy atom. The molecule has 0 aliphatic heterocycles. The van der Waals surface area contributed by atoms with E-state index in [2.05, 4.69) is 5.32 Å². The van der Waals surface area contributed by atoms with Gasteiger partial charge in [-0.15, -0.1) is 0 Å². The molecule has 2 nitrogen and oxygen atoms in total. The predicted octanol–water partition coefficient (Wildman–Crippen LogP) is 1.71. The summed E-state index contributed by atoms with van der Waals surface area (Å²) in [4.78, 5) is 1.35. The van der Waals surface area contributed by atoms with Crippen LogP contribution >= 0.6 is 12.2 Å². The van der Waals surface area contributed by atoms with E-state index in [0.717, 1.165) is 0 Å². The van der Waals surface area contributed by atoms with Crippen LogP contribution in [0.5, 0.6) is 0 Å².